The lowest BCUT2D eigenvalue weighted by molar-refractivity contribution is -0.139. The van der Waals surface area contributed by atoms with Gasteiger partial charge in [-0.05, 0) is 118 Å². The minimum Gasteiger partial charge on any atom is -0.481 e. The third kappa shape index (κ3) is 37.7. The lowest BCUT2D eigenvalue weighted by atomic mass is 10.0. The summed E-state index contributed by atoms with van der Waals surface area (Å²) in [6.07, 6.45) is -2.09. The number of carbonyl (C=O) groups is 12. The average Bonchev–Trinajstić information content (AvgIpc) is 1.11. The lowest BCUT2D eigenvalue weighted by Gasteiger charge is -2.23. The number of nitrogens with zero attached hydrogens (tertiary/aromatic N) is 3. The summed E-state index contributed by atoms with van der Waals surface area (Å²) in [6, 6.07) is 60.1. The highest BCUT2D eigenvalue weighted by molar-refractivity contribution is 7.91. The molecule has 10 amide bonds. The first-order valence-corrected chi connectivity index (χ1v) is 47.7. The number of benzene rings is 8. The summed E-state index contributed by atoms with van der Waals surface area (Å²) in [7, 11) is -11.4. The number of rotatable bonds is 30. The van der Waals surface area contributed by atoms with Crippen molar-refractivity contribution < 1.29 is 98.2 Å². The number of nitrogens with two attached hydrogens (primary N) is 1. The quantitative estimate of drug-likeness (QED) is 0.0112. The average molecular weight is 1860 g/mol. The molecule has 4 bridgehead atoms. The molecule has 0 fully saturated rings. The van der Waals surface area contributed by atoms with E-state index in [1.54, 1.807) is 164 Å². The van der Waals surface area contributed by atoms with Gasteiger partial charge in [-0.15, -0.1) is 0 Å². The van der Waals surface area contributed by atoms with E-state index in [9.17, 15) is 82.8 Å². The maximum atomic E-state index is 13.7. The number of sulfone groups is 3. The van der Waals surface area contributed by atoms with Crippen molar-refractivity contribution in [3.63, 3.8) is 0 Å². The molecule has 0 spiro atoms. The standard InChI is InChI=1S/C34H40N6O7S.C34H37N5O6S.C26H29N3O8S/c35-32(40-45)27-11-9-23(10-12-27)18-38-34(44)29-14-16-31(42)37-20-26-8-4-7-25(17-26)19-36-30(41)15-13-28(33(43)39-29)22-48(46,47)21-24-5-2-1-3-6-24;35-18-24-9-11-25(12-10-24)19-38-34(43)30-14-16-32(41)37-21-28-8-4-7-27(17-28)20-36-31(40)15-13-29(33(42)39-30)23-46(44,45)22-26-5-2-1-3-6-26;27-14-18-6-8-19(9-7-18)15-28-26(35)22(11-13-24(32)33)29-25(34)21(10-12-23(30)31)17-38(36,37)16-20-4-2-1-3-5-20/h1-12,17,28-29,45H,13-16,18-22H2,(H2,35,40)(H,36,41)(H,37,42)(H,38,44)(H,39,43);1-12,17,29-30H,13-16,19-23H2,(H,36,40)(H,37,41)(H,38,43)(H,39,42);1-9,21-22H,10-13,15-17H2,(H,28,35)(H,29,34)(H,30,31)(H,32,33)/t28-,29-;29-,30-;21-,22-/m000/s1. The Morgan fingerprint density at radius 2 is 0.765 bits per heavy atom. The van der Waals surface area contributed by atoms with E-state index < -0.39 is 143 Å². The first-order chi connectivity index (χ1) is 63.1. The topological polar surface area (TPSA) is 574 Å². The third-order valence-corrected chi connectivity index (χ3v) is 26.1. The van der Waals surface area contributed by atoms with Gasteiger partial charge in [-0.2, -0.15) is 10.5 Å². The molecule has 0 aromatic heterocycles. The Morgan fingerprint density at radius 3 is 1.12 bits per heavy atom. The fourth-order valence-corrected chi connectivity index (χ4v) is 19.1. The summed E-state index contributed by atoms with van der Waals surface area (Å²) >= 11 is 0. The number of carboxylic acids is 2. The summed E-state index contributed by atoms with van der Waals surface area (Å²) in [5, 5.41) is 75.0. The number of nitriles is 2. The molecule has 0 aliphatic carbocycles. The Balaban J connectivity index is 0.000000246. The molecule has 35 nitrogen and oxygen atoms in total. The maximum absolute atomic E-state index is 13.7. The van der Waals surface area contributed by atoms with Crippen LogP contribution in [0.2, 0.25) is 0 Å². The molecule has 132 heavy (non-hydrogen) atoms. The molecule has 8 aromatic rings. The van der Waals surface area contributed by atoms with E-state index in [2.05, 4.69) is 58.3 Å². The van der Waals surface area contributed by atoms with Crippen LogP contribution in [0.1, 0.15) is 149 Å². The highest BCUT2D eigenvalue weighted by Gasteiger charge is 2.35. The first kappa shape index (κ1) is 103. The summed E-state index contributed by atoms with van der Waals surface area (Å²) < 4.78 is 78.5. The molecular formula is C94H106N14O21S3. The summed E-state index contributed by atoms with van der Waals surface area (Å²) in [6.45, 7) is 1.13. The van der Waals surface area contributed by atoms with Crippen molar-refractivity contribution in [1.29, 1.82) is 10.5 Å². The van der Waals surface area contributed by atoms with Gasteiger partial charge in [-0.1, -0.05) is 193 Å². The van der Waals surface area contributed by atoms with E-state index in [0.29, 0.717) is 44.5 Å². The number of oxime groups is 1. The summed E-state index contributed by atoms with van der Waals surface area (Å²) in [5.41, 5.74) is 14.0. The van der Waals surface area contributed by atoms with Gasteiger partial charge in [0.15, 0.2) is 35.3 Å². The van der Waals surface area contributed by atoms with Gasteiger partial charge in [-0.3, -0.25) is 57.5 Å². The Morgan fingerprint density at radius 1 is 0.424 bits per heavy atom. The van der Waals surface area contributed by atoms with E-state index in [-0.39, 0.29) is 157 Å². The number of hydrogen-bond acceptors (Lipinski definition) is 22. The minimum atomic E-state index is -3.83. The van der Waals surface area contributed by atoms with Gasteiger partial charge in [0.1, 0.15) is 18.1 Å². The van der Waals surface area contributed by atoms with Crippen LogP contribution in [-0.2, 0) is 150 Å². The Bertz CT molecular complexity index is 5810. The molecule has 0 saturated carbocycles. The van der Waals surface area contributed by atoms with Crippen LogP contribution in [0.4, 0.5) is 0 Å². The van der Waals surface area contributed by atoms with E-state index in [0.717, 1.165) is 27.8 Å². The lowest BCUT2D eigenvalue weighted by Crippen LogP contribution is -2.49. The van der Waals surface area contributed by atoms with Gasteiger partial charge in [-0.25, -0.2) is 25.3 Å². The van der Waals surface area contributed by atoms with Crippen LogP contribution in [0.25, 0.3) is 0 Å². The number of nitrogens with one attached hydrogen (secondary N) is 10. The molecule has 38 heteroatoms. The molecule has 10 rings (SSSR count). The number of amidine groups is 1. The van der Waals surface area contributed by atoms with Crippen molar-refractivity contribution >= 4 is 106 Å². The van der Waals surface area contributed by atoms with Crippen LogP contribution < -0.4 is 58.9 Å². The Hall–Kier alpha value is -14.5. The van der Waals surface area contributed by atoms with Crippen molar-refractivity contribution in [2.75, 3.05) is 17.3 Å². The van der Waals surface area contributed by atoms with Crippen LogP contribution in [0.15, 0.2) is 217 Å². The number of hydrogen-bond donors (Lipinski definition) is 14. The molecule has 0 radical (unpaired) electrons. The molecule has 2 heterocycles. The SMILES string of the molecule is N#Cc1ccc(CNC(=O)[C@@H]2CCC(=O)NCc3cccc(c3)CNC(=O)CC[C@@H](CS(=O)(=O)Cc3ccccc3)C(=O)N2)cc1.N#Cc1ccc(CNC(=O)[C@H](CCC(=O)O)NC(=O)[C@@H](CCC(=O)O)CS(=O)(=O)Cc2ccccc2)cc1.N/C(=N\O)c1ccc(CNC(=O)[C@@H]2CCC(=O)NCc3cccc(c3)CNC(=O)CC[C@@H](CS(=O)(=O)Cc3ccccc3)C(=O)N2)cc1. The van der Waals surface area contributed by atoms with E-state index >= 15 is 0 Å². The monoisotopic (exact) mass is 1860 g/mol. The zero-order valence-corrected chi connectivity index (χ0v) is 74.6. The Kier molecular flexibility index (Phi) is 40.7. The number of carbonyl (C=O) groups excluding carboxylic acids is 10. The van der Waals surface area contributed by atoms with Gasteiger partial charge in [0.05, 0.1) is 75.5 Å². The smallest absolute Gasteiger partial charge is 0.303 e. The predicted octanol–water partition coefficient (Wildman–Crippen LogP) is 5.64. The third-order valence-electron chi connectivity index (χ3n) is 21.0. The van der Waals surface area contributed by atoms with Crippen LogP contribution in [-0.4, -0.2) is 153 Å². The van der Waals surface area contributed by atoms with Crippen molar-refractivity contribution in [1.82, 2.24) is 53.2 Å². The number of amides is 10. The fraction of sp³-hybridized carbons (Fsp3) is 0.330. The van der Waals surface area contributed by atoms with E-state index in [1.807, 2.05) is 60.7 Å². The largest absolute Gasteiger partial charge is 0.481 e. The molecule has 15 N–H and O–H groups in total. The van der Waals surface area contributed by atoms with Gasteiger partial charge >= 0.3 is 11.9 Å². The van der Waals surface area contributed by atoms with Crippen LogP contribution in [0.5, 0.6) is 0 Å². The maximum Gasteiger partial charge on any atom is 0.303 e. The molecular weight excluding hydrogens is 1760 g/mol. The van der Waals surface area contributed by atoms with E-state index in [1.165, 1.54) is 0 Å². The molecule has 0 saturated heterocycles. The molecule has 2 aliphatic rings. The summed E-state index contributed by atoms with van der Waals surface area (Å²) in [5.74, 6) is -14.1. The normalized spacial score (nSPS) is 16.7. The van der Waals surface area contributed by atoms with Crippen LogP contribution >= 0.6 is 0 Å². The zero-order valence-electron chi connectivity index (χ0n) is 72.2. The number of fused-ring (bicyclic) bond motifs is 4. The molecule has 696 valence electrons. The molecule has 2 aliphatic heterocycles. The van der Waals surface area contributed by atoms with Crippen molar-refractivity contribution in [2.45, 2.75) is 158 Å². The van der Waals surface area contributed by atoms with Crippen molar-refractivity contribution in [2.24, 2.45) is 28.6 Å². The molecule has 6 atom stereocenters. The van der Waals surface area contributed by atoms with Gasteiger partial charge in [0, 0.05) is 89.9 Å². The summed E-state index contributed by atoms with van der Waals surface area (Å²) in [4.78, 5) is 153. The Labute approximate surface area is 764 Å². The number of aliphatic carboxylic acids is 2. The number of carboxylic acid groups (broad SMARTS) is 2. The zero-order chi connectivity index (χ0) is 95.6. The van der Waals surface area contributed by atoms with Crippen molar-refractivity contribution in [3.8, 4) is 12.1 Å². The van der Waals surface area contributed by atoms with E-state index in [4.69, 9.17) is 31.7 Å². The molecule has 8 aromatic carbocycles. The molecule has 0 unspecified atom stereocenters. The highest BCUT2D eigenvalue weighted by atomic mass is 32.2. The first-order valence-electron chi connectivity index (χ1n) is 42.3. The van der Waals surface area contributed by atoms with Crippen LogP contribution in [0, 0.1) is 40.4 Å². The van der Waals surface area contributed by atoms with Crippen LogP contribution in [0.3, 0.4) is 0 Å². The second-order valence-corrected chi connectivity index (χ2v) is 37.9. The fourth-order valence-electron chi connectivity index (χ4n) is 13.9. The van der Waals surface area contributed by atoms with Gasteiger partial charge in [0.25, 0.3) is 0 Å². The van der Waals surface area contributed by atoms with Gasteiger partial charge < -0.3 is 74.3 Å². The van der Waals surface area contributed by atoms with Gasteiger partial charge in [0.2, 0.25) is 59.1 Å². The second kappa shape index (κ2) is 52.2. The predicted molar refractivity (Wildman–Crippen MR) is 486 cm³/mol. The highest BCUT2D eigenvalue weighted by Crippen LogP contribution is 2.22. The van der Waals surface area contributed by atoms with Crippen molar-refractivity contribution in [3.05, 3.63) is 285 Å². The second-order valence-electron chi connectivity index (χ2n) is 31.6. The minimum absolute atomic E-state index is 0.0396.